The smallest absolute Gasteiger partial charge is 0.303 e. The van der Waals surface area contributed by atoms with Crippen molar-refractivity contribution < 1.29 is 19.4 Å². The highest BCUT2D eigenvalue weighted by Gasteiger charge is 2.33. The van der Waals surface area contributed by atoms with Crippen LogP contribution in [0.5, 0.6) is 5.75 Å². The molecule has 1 atom stereocenters. The molecular weight excluding hydrogens is 320 g/mol. The molecule has 0 spiro atoms. The van der Waals surface area contributed by atoms with Gasteiger partial charge in [-0.25, -0.2) is 0 Å². The molecule has 3 rings (SSSR count). The van der Waals surface area contributed by atoms with Crippen molar-refractivity contribution in [3.63, 3.8) is 0 Å². The number of piperidine rings is 1. The fourth-order valence-electron chi connectivity index (χ4n) is 3.54. The Morgan fingerprint density at radius 3 is 2.64 bits per heavy atom. The number of carbonyl (C=O) groups excluding carboxylic acids is 1. The van der Waals surface area contributed by atoms with Crippen LogP contribution in [-0.4, -0.2) is 54.2 Å². The second kappa shape index (κ2) is 8.23. The predicted molar refractivity (Wildman–Crippen MR) is 95.0 cm³/mol. The maximum atomic E-state index is 12.8. The van der Waals surface area contributed by atoms with Gasteiger partial charge in [0.25, 0.3) is 5.91 Å². The summed E-state index contributed by atoms with van der Waals surface area (Å²) in [5, 5.41) is 8.78. The molecule has 0 aromatic heterocycles. The van der Waals surface area contributed by atoms with E-state index in [1.165, 1.54) is 6.42 Å². The van der Waals surface area contributed by atoms with Gasteiger partial charge in [-0.1, -0.05) is 12.1 Å². The van der Waals surface area contributed by atoms with Crippen LogP contribution >= 0.6 is 0 Å². The number of carboxylic acids is 1. The summed E-state index contributed by atoms with van der Waals surface area (Å²) in [4.78, 5) is 27.6. The third kappa shape index (κ3) is 4.44. The molecule has 0 saturated carbocycles. The van der Waals surface area contributed by atoms with Crippen molar-refractivity contribution in [2.45, 2.75) is 44.6 Å². The summed E-state index contributed by atoms with van der Waals surface area (Å²) >= 11 is 0. The molecule has 25 heavy (non-hydrogen) atoms. The van der Waals surface area contributed by atoms with Gasteiger partial charge in [0.1, 0.15) is 5.75 Å². The Balaban J connectivity index is 1.66. The first-order valence-electron chi connectivity index (χ1n) is 9.16. The second-order valence-electron chi connectivity index (χ2n) is 6.76. The molecule has 2 heterocycles. The van der Waals surface area contributed by atoms with Crippen molar-refractivity contribution in [3.05, 3.63) is 24.3 Å². The number of fused-ring (bicyclic) bond motifs is 1. The van der Waals surface area contributed by atoms with Gasteiger partial charge in [0, 0.05) is 26.1 Å². The molecule has 0 aliphatic carbocycles. The summed E-state index contributed by atoms with van der Waals surface area (Å²) in [6.07, 6.45) is 4.44. The van der Waals surface area contributed by atoms with E-state index in [9.17, 15) is 9.59 Å². The quantitative estimate of drug-likeness (QED) is 0.802. The van der Waals surface area contributed by atoms with Gasteiger partial charge in [0.15, 0.2) is 6.10 Å². The Hall–Kier alpha value is -2.24. The summed E-state index contributed by atoms with van der Waals surface area (Å²) in [6, 6.07) is 7.76. The van der Waals surface area contributed by atoms with Crippen LogP contribution in [-0.2, 0) is 9.59 Å². The molecule has 1 aromatic rings. The Morgan fingerprint density at radius 1 is 1.12 bits per heavy atom. The number of likely N-dealkylation sites (tertiary alicyclic amines) is 1. The molecule has 2 aliphatic rings. The number of para-hydroxylation sites is 2. The fourth-order valence-corrected chi connectivity index (χ4v) is 3.54. The molecule has 2 aliphatic heterocycles. The molecule has 1 amide bonds. The van der Waals surface area contributed by atoms with Gasteiger partial charge in [0.05, 0.1) is 12.2 Å². The Kier molecular flexibility index (Phi) is 5.79. The normalized spacial score (nSPS) is 19.9. The minimum atomic E-state index is -0.763. The number of hydrogen-bond acceptors (Lipinski definition) is 4. The minimum absolute atomic E-state index is 0.0738. The summed E-state index contributed by atoms with van der Waals surface area (Å²) in [7, 11) is 0. The number of aliphatic carboxylic acids is 1. The lowest BCUT2D eigenvalue weighted by Gasteiger charge is -2.38. The summed E-state index contributed by atoms with van der Waals surface area (Å²) in [5.41, 5.74) is 0.987. The number of rotatable bonds is 6. The summed E-state index contributed by atoms with van der Waals surface area (Å²) < 4.78 is 5.99. The molecule has 1 saturated heterocycles. The van der Waals surface area contributed by atoms with Gasteiger partial charge in [-0.3, -0.25) is 9.59 Å². The van der Waals surface area contributed by atoms with Gasteiger partial charge < -0.3 is 19.6 Å². The number of benzene rings is 1. The lowest BCUT2D eigenvalue weighted by Crippen LogP contribution is -2.51. The van der Waals surface area contributed by atoms with Gasteiger partial charge in [-0.05, 0) is 44.2 Å². The largest absolute Gasteiger partial charge is 0.481 e. The lowest BCUT2D eigenvalue weighted by molar-refractivity contribution is -0.139. The van der Waals surface area contributed by atoms with Crippen LogP contribution < -0.4 is 9.64 Å². The zero-order chi connectivity index (χ0) is 17.6. The molecule has 6 nitrogen and oxygen atoms in total. The van der Waals surface area contributed by atoms with E-state index >= 15 is 0 Å². The highest BCUT2D eigenvalue weighted by atomic mass is 16.5. The van der Waals surface area contributed by atoms with E-state index in [0.717, 1.165) is 50.3 Å². The number of hydrogen-bond donors (Lipinski definition) is 1. The van der Waals surface area contributed by atoms with Crippen LogP contribution in [0.3, 0.4) is 0 Å². The Bertz CT molecular complexity index is 613. The van der Waals surface area contributed by atoms with Crippen LogP contribution in [0.1, 0.15) is 38.5 Å². The van der Waals surface area contributed by atoms with Gasteiger partial charge in [0.2, 0.25) is 0 Å². The van der Waals surface area contributed by atoms with Crippen LogP contribution in [0, 0.1) is 0 Å². The monoisotopic (exact) mass is 346 g/mol. The first-order chi connectivity index (χ1) is 12.1. The number of ether oxygens (including phenoxy) is 1. The molecule has 1 fully saturated rings. The average Bonchev–Trinajstić information content (AvgIpc) is 2.65. The standard InChI is InChI=1S/C19H26N2O4/c22-18(23)10-4-7-13-21-14-17(19(24)20-11-5-1-6-12-20)25-16-9-3-2-8-15(16)21/h2-3,8-9,17H,1,4-7,10-14H2,(H,22,23). The van der Waals surface area contributed by atoms with Crippen molar-refractivity contribution in [3.8, 4) is 5.75 Å². The van der Waals surface area contributed by atoms with Gasteiger partial charge >= 0.3 is 5.97 Å². The second-order valence-corrected chi connectivity index (χ2v) is 6.76. The first kappa shape index (κ1) is 17.6. The number of amides is 1. The fraction of sp³-hybridized carbons (Fsp3) is 0.579. The Morgan fingerprint density at radius 2 is 1.88 bits per heavy atom. The molecule has 1 N–H and O–H groups in total. The van der Waals surface area contributed by atoms with Crippen molar-refractivity contribution in [1.82, 2.24) is 4.90 Å². The van der Waals surface area contributed by atoms with Crippen molar-refractivity contribution in [1.29, 1.82) is 0 Å². The van der Waals surface area contributed by atoms with Crippen LogP contribution in [0.15, 0.2) is 24.3 Å². The lowest BCUT2D eigenvalue weighted by atomic mass is 10.1. The van der Waals surface area contributed by atoms with E-state index < -0.39 is 12.1 Å². The summed E-state index contributed by atoms with van der Waals surface area (Å²) in [5.74, 6) is 0.0487. The zero-order valence-electron chi connectivity index (χ0n) is 14.5. The van der Waals surface area contributed by atoms with E-state index in [1.807, 2.05) is 29.2 Å². The number of carbonyl (C=O) groups is 2. The van der Waals surface area contributed by atoms with Gasteiger partial charge in [-0.15, -0.1) is 0 Å². The molecule has 1 aromatic carbocycles. The average molecular weight is 346 g/mol. The molecule has 136 valence electrons. The van der Waals surface area contributed by atoms with Crippen molar-refractivity contribution in [2.24, 2.45) is 0 Å². The third-order valence-corrected chi connectivity index (χ3v) is 4.87. The van der Waals surface area contributed by atoms with E-state index in [2.05, 4.69) is 4.90 Å². The Labute approximate surface area is 148 Å². The molecular formula is C19H26N2O4. The van der Waals surface area contributed by atoms with E-state index in [4.69, 9.17) is 9.84 Å². The van der Waals surface area contributed by atoms with Crippen molar-refractivity contribution >= 4 is 17.6 Å². The maximum Gasteiger partial charge on any atom is 0.303 e. The highest BCUT2D eigenvalue weighted by molar-refractivity contribution is 5.83. The van der Waals surface area contributed by atoms with Crippen LogP contribution in [0.4, 0.5) is 5.69 Å². The number of nitrogens with zero attached hydrogens (tertiary/aromatic N) is 2. The topological polar surface area (TPSA) is 70.1 Å². The van der Waals surface area contributed by atoms with E-state index in [0.29, 0.717) is 13.0 Å². The molecule has 1 unspecified atom stereocenters. The SMILES string of the molecule is O=C(O)CCCCN1CC(C(=O)N2CCCCC2)Oc2ccccc21. The predicted octanol–water partition coefficient (Wildman–Crippen LogP) is 2.52. The summed E-state index contributed by atoms with van der Waals surface area (Å²) in [6.45, 7) is 2.90. The van der Waals surface area contributed by atoms with Crippen LogP contribution in [0.2, 0.25) is 0 Å². The third-order valence-electron chi connectivity index (χ3n) is 4.87. The first-order valence-corrected chi connectivity index (χ1v) is 9.16. The maximum absolute atomic E-state index is 12.8. The van der Waals surface area contributed by atoms with E-state index in [-0.39, 0.29) is 12.3 Å². The number of anilines is 1. The minimum Gasteiger partial charge on any atom is -0.481 e. The zero-order valence-corrected chi connectivity index (χ0v) is 14.5. The molecule has 6 heteroatoms. The van der Waals surface area contributed by atoms with Crippen molar-refractivity contribution in [2.75, 3.05) is 31.1 Å². The number of carboxylic acid groups (broad SMARTS) is 1. The van der Waals surface area contributed by atoms with Gasteiger partial charge in [-0.2, -0.15) is 0 Å². The van der Waals surface area contributed by atoms with E-state index in [1.54, 1.807) is 0 Å². The van der Waals surface area contributed by atoms with Crippen LogP contribution in [0.25, 0.3) is 0 Å². The molecule has 0 radical (unpaired) electrons. The number of unbranched alkanes of at least 4 members (excludes halogenated alkanes) is 1. The molecule has 0 bridgehead atoms. The highest BCUT2D eigenvalue weighted by Crippen LogP contribution is 2.33.